The van der Waals surface area contributed by atoms with Crippen molar-refractivity contribution >= 4 is 29.4 Å². The number of amides is 1. The summed E-state index contributed by atoms with van der Waals surface area (Å²) in [5.74, 6) is -0.826. The number of ether oxygens (including phenoxy) is 1. The molecule has 1 unspecified atom stereocenters. The highest BCUT2D eigenvalue weighted by molar-refractivity contribution is 6.02. The molecule has 0 aromatic carbocycles. The van der Waals surface area contributed by atoms with Crippen molar-refractivity contribution in [2.24, 2.45) is 0 Å². The first-order valence-electron chi connectivity index (χ1n) is 12.5. The maximum atomic E-state index is 13.5. The van der Waals surface area contributed by atoms with Crippen LogP contribution in [0.4, 0.5) is 5.82 Å². The van der Waals surface area contributed by atoms with Gasteiger partial charge in [-0.3, -0.25) is 18.8 Å². The van der Waals surface area contributed by atoms with Gasteiger partial charge in [0.1, 0.15) is 23.1 Å². The molecule has 2 N–H and O–H groups in total. The van der Waals surface area contributed by atoms with Gasteiger partial charge in [-0.2, -0.15) is 5.26 Å². The third-order valence-electron chi connectivity index (χ3n) is 6.35. The van der Waals surface area contributed by atoms with Crippen LogP contribution in [0.3, 0.4) is 0 Å². The Labute approximate surface area is 216 Å². The Morgan fingerprint density at radius 3 is 2.62 bits per heavy atom. The molecule has 0 saturated carbocycles. The summed E-state index contributed by atoms with van der Waals surface area (Å²) >= 11 is 0. The number of carboxylic acids is 1. The van der Waals surface area contributed by atoms with E-state index in [1.54, 1.807) is 12.3 Å². The molecule has 2 aliphatic heterocycles. The van der Waals surface area contributed by atoms with Crippen LogP contribution in [0.15, 0.2) is 28.7 Å². The van der Waals surface area contributed by atoms with Crippen LogP contribution in [0.25, 0.3) is 11.7 Å². The summed E-state index contributed by atoms with van der Waals surface area (Å²) in [6.07, 6.45) is 4.87. The minimum atomic E-state index is -0.833. The van der Waals surface area contributed by atoms with Crippen molar-refractivity contribution in [3.63, 3.8) is 0 Å². The number of carbonyl (C=O) groups is 2. The molecule has 37 heavy (non-hydrogen) atoms. The number of fused-ring (bicyclic) bond motifs is 1. The standard InChI is InChI=1S/C24H30N6O3.C2H4O2/c1-3-28-9-11-29(12-10-28)22-20(24(32)30-8-4-6-17(2)21(30)27-22)14-18(15-25)23(31)26-16-19-7-5-13-33-19;1-2(3)4/h4,6,8,14,19H,3,5,7,9-13,16H2,1-2H3,(H,26,31);1H3,(H,3,4)/b18-14-;. The molecule has 4 rings (SSSR count). The second-order valence-corrected chi connectivity index (χ2v) is 8.99. The van der Waals surface area contributed by atoms with Gasteiger partial charge >= 0.3 is 0 Å². The van der Waals surface area contributed by atoms with E-state index in [1.165, 1.54) is 10.5 Å². The zero-order chi connectivity index (χ0) is 26.9. The SMILES string of the molecule is CC(=O)O.CCN1CCN(c2nc3c(C)cccn3c(=O)c2/C=C(/C#N)C(=O)NCC2CCCO2)CC1. The van der Waals surface area contributed by atoms with Crippen LogP contribution in [0.2, 0.25) is 0 Å². The summed E-state index contributed by atoms with van der Waals surface area (Å²) in [7, 11) is 0. The molecule has 2 fully saturated rings. The van der Waals surface area contributed by atoms with Crippen molar-refractivity contribution < 1.29 is 19.4 Å². The number of anilines is 1. The number of carboxylic acid groups (broad SMARTS) is 1. The average molecular weight is 511 g/mol. The molecule has 0 radical (unpaired) electrons. The number of aliphatic carboxylic acids is 1. The summed E-state index contributed by atoms with van der Waals surface area (Å²) in [6, 6.07) is 5.67. The van der Waals surface area contributed by atoms with Crippen LogP contribution < -0.4 is 15.8 Å². The molecule has 0 spiro atoms. The predicted octanol–water partition coefficient (Wildman–Crippen LogP) is 1.44. The van der Waals surface area contributed by atoms with Crippen LogP contribution in [0.5, 0.6) is 0 Å². The first-order chi connectivity index (χ1) is 17.7. The molecule has 2 aliphatic rings. The summed E-state index contributed by atoms with van der Waals surface area (Å²) in [5.41, 5.74) is 1.30. The van der Waals surface area contributed by atoms with E-state index in [0.29, 0.717) is 24.6 Å². The average Bonchev–Trinajstić information content (AvgIpc) is 3.41. The van der Waals surface area contributed by atoms with Gasteiger partial charge < -0.3 is 25.0 Å². The fourth-order valence-corrected chi connectivity index (χ4v) is 4.34. The minimum Gasteiger partial charge on any atom is -0.481 e. The topological polar surface area (TPSA) is 140 Å². The maximum absolute atomic E-state index is 13.5. The molecular formula is C26H34N6O5. The predicted molar refractivity (Wildman–Crippen MR) is 139 cm³/mol. The molecule has 2 saturated heterocycles. The van der Waals surface area contributed by atoms with Crippen molar-refractivity contribution in [3.05, 3.63) is 45.4 Å². The van der Waals surface area contributed by atoms with Crippen LogP contribution in [-0.4, -0.2) is 83.2 Å². The number of hydrogen-bond acceptors (Lipinski definition) is 8. The van der Waals surface area contributed by atoms with Gasteiger partial charge in [-0.1, -0.05) is 13.0 Å². The monoisotopic (exact) mass is 510 g/mol. The Morgan fingerprint density at radius 1 is 1.32 bits per heavy atom. The fourth-order valence-electron chi connectivity index (χ4n) is 4.34. The van der Waals surface area contributed by atoms with Gasteiger partial charge in [0.2, 0.25) is 0 Å². The smallest absolute Gasteiger partial charge is 0.300 e. The molecule has 1 atom stereocenters. The second kappa shape index (κ2) is 13.0. The third kappa shape index (κ3) is 7.15. The number of hydrogen-bond donors (Lipinski definition) is 2. The Morgan fingerprint density at radius 2 is 2.03 bits per heavy atom. The molecule has 11 heteroatoms. The van der Waals surface area contributed by atoms with Gasteiger partial charge in [0.25, 0.3) is 17.4 Å². The van der Waals surface area contributed by atoms with Crippen LogP contribution in [0.1, 0.15) is 37.8 Å². The van der Waals surface area contributed by atoms with E-state index >= 15 is 0 Å². The number of carbonyl (C=O) groups excluding carboxylic acids is 1. The first-order valence-corrected chi connectivity index (χ1v) is 12.5. The zero-order valence-electron chi connectivity index (χ0n) is 21.6. The van der Waals surface area contributed by atoms with Crippen molar-refractivity contribution in [1.82, 2.24) is 19.6 Å². The molecule has 0 bridgehead atoms. The van der Waals surface area contributed by atoms with E-state index in [4.69, 9.17) is 19.6 Å². The Hall–Kier alpha value is -3.75. The molecule has 0 aliphatic carbocycles. The molecule has 11 nitrogen and oxygen atoms in total. The number of nitrogens with one attached hydrogen (secondary N) is 1. The lowest BCUT2D eigenvalue weighted by Crippen LogP contribution is -2.47. The number of likely N-dealkylation sites (N-methyl/N-ethyl adjacent to an activating group) is 1. The van der Waals surface area contributed by atoms with E-state index in [1.807, 2.05) is 19.1 Å². The Bertz CT molecular complexity index is 1250. The molecule has 4 heterocycles. The van der Waals surface area contributed by atoms with Crippen molar-refractivity contribution in [3.8, 4) is 6.07 Å². The lowest BCUT2D eigenvalue weighted by molar-refractivity contribution is -0.134. The number of pyridine rings is 1. The Balaban J connectivity index is 0.000000886. The second-order valence-electron chi connectivity index (χ2n) is 8.99. The van der Waals surface area contributed by atoms with Crippen molar-refractivity contribution in [2.75, 3.05) is 50.8 Å². The number of piperazine rings is 1. The van der Waals surface area contributed by atoms with Gasteiger partial charge in [-0.15, -0.1) is 0 Å². The minimum absolute atomic E-state index is 0.0322. The van der Waals surface area contributed by atoms with E-state index in [2.05, 4.69) is 22.0 Å². The summed E-state index contributed by atoms with van der Waals surface area (Å²) in [6.45, 7) is 10.3. The number of aromatic nitrogens is 2. The van der Waals surface area contributed by atoms with Crippen molar-refractivity contribution in [2.45, 2.75) is 39.7 Å². The van der Waals surface area contributed by atoms with Gasteiger partial charge in [0.05, 0.1) is 11.7 Å². The fraction of sp³-hybridized carbons (Fsp3) is 0.500. The maximum Gasteiger partial charge on any atom is 0.300 e. The number of nitrogens with zero attached hydrogens (tertiary/aromatic N) is 5. The van der Waals surface area contributed by atoms with Gasteiger partial charge in [0, 0.05) is 52.5 Å². The lowest BCUT2D eigenvalue weighted by Gasteiger charge is -2.35. The first kappa shape index (κ1) is 27.8. The Kier molecular flexibility index (Phi) is 9.77. The van der Waals surface area contributed by atoms with Crippen LogP contribution in [0, 0.1) is 18.3 Å². The highest BCUT2D eigenvalue weighted by atomic mass is 16.5. The summed E-state index contributed by atoms with van der Waals surface area (Å²) in [4.78, 5) is 44.5. The normalized spacial score (nSPS) is 18.2. The van der Waals surface area contributed by atoms with Gasteiger partial charge in [-0.05, 0) is 44.0 Å². The number of rotatable bonds is 6. The molecular weight excluding hydrogens is 476 g/mol. The van der Waals surface area contributed by atoms with Crippen LogP contribution >= 0.6 is 0 Å². The highest BCUT2D eigenvalue weighted by Gasteiger charge is 2.24. The molecule has 1 amide bonds. The number of nitriles is 1. The molecule has 2 aromatic rings. The van der Waals surface area contributed by atoms with E-state index in [-0.39, 0.29) is 22.8 Å². The zero-order valence-corrected chi connectivity index (χ0v) is 21.6. The van der Waals surface area contributed by atoms with E-state index in [9.17, 15) is 14.9 Å². The van der Waals surface area contributed by atoms with Crippen molar-refractivity contribution in [1.29, 1.82) is 5.26 Å². The van der Waals surface area contributed by atoms with E-state index in [0.717, 1.165) is 58.1 Å². The molecule has 198 valence electrons. The summed E-state index contributed by atoms with van der Waals surface area (Å²) < 4.78 is 7.02. The molecule has 2 aromatic heterocycles. The quantitative estimate of drug-likeness (QED) is 0.436. The van der Waals surface area contributed by atoms with Gasteiger partial charge in [-0.25, -0.2) is 4.98 Å². The van der Waals surface area contributed by atoms with Gasteiger partial charge in [0.15, 0.2) is 0 Å². The lowest BCUT2D eigenvalue weighted by atomic mass is 10.1. The highest BCUT2D eigenvalue weighted by Crippen LogP contribution is 2.22. The largest absolute Gasteiger partial charge is 0.481 e. The van der Waals surface area contributed by atoms with Crippen LogP contribution in [-0.2, 0) is 14.3 Å². The third-order valence-corrected chi connectivity index (χ3v) is 6.35. The van der Waals surface area contributed by atoms with E-state index < -0.39 is 11.9 Å². The number of aryl methyl sites for hydroxylation is 1. The summed E-state index contributed by atoms with van der Waals surface area (Å²) in [5, 5.41) is 19.9.